The van der Waals surface area contributed by atoms with Crippen LogP contribution in [0.15, 0.2) is 60.7 Å². The first-order valence-corrected chi connectivity index (χ1v) is 9.07. The number of nitrogens with one attached hydrogen (secondary N) is 1. The van der Waals surface area contributed by atoms with Gasteiger partial charge in [0.25, 0.3) is 5.91 Å². The Balaban J connectivity index is 1.48. The van der Waals surface area contributed by atoms with Crippen LogP contribution in [0.25, 0.3) is 5.69 Å². The molecule has 0 spiro atoms. The number of carbonyl (C=O) groups excluding carboxylic acids is 1. The number of alkyl halides is 2. The average Bonchev–Trinajstić information content (AvgIpc) is 3.46. The summed E-state index contributed by atoms with van der Waals surface area (Å²) >= 11 is 0. The topological polar surface area (TPSA) is 56.1 Å². The van der Waals surface area contributed by atoms with Crippen LogP contribution in [0.5, 0.6) is 5.75 Å². The van der Waals surface area contributed by atoms with Gasteiger partial charge in [0.1, 0.15) is 11.4 Å². The van der Waals surface area contributed by atoms with Gasteiger partial charge in [0.2, 0.25) is 0 Å². The molecule has 1 aromatic heterocycles. The summed E-state index contributed by atoms with van der Waals surface area (Å²) in [5.41, 5.74) is 3.02. The van der Waals surface area contributed by atoms with E-state index in [9.17, 15) is 13.6 Å². The summed E-state index contributed by atoms with van der Waals surface area (Å²) in [5.74, 6) is 0.274. The lowest BCUT2D eigenvalue weighted by atomic mass is 10.2. The molecule has 0 saturated heterocycles. The molecule has 1 aliphatic rings. The van der Waals surface area contributed by atoms with E-state index in [-0.39, 0.29) is 18.2 Å². The summed E-state index contributed by atoms with van der Waals surface area (Å²) in [6.45, 7) is -2.59. The van der Waals surface area contributed by atoms with E-state index < -0.39 is 6.61 Å². The second-order valence-electron chi connectivity index (χ2n) is 6.68. The largest absolute Gasteiger partial charge is 0.435 e. The highest BCUT2D eigenvalue weighted by Crippen LogP contribution is 2.39. The maximum Gasteiger partial charge on any atom is 0.387 e. The minimum atomic E-state index is -2.86. The third-order valence-electron chi connectivity index (χ3n) is 4.56. The lowest BCUT2D eigenvalue weighted by Crippen LogP contribution is -2.25. The van der Waals surface area contributed by atoms with Crippen molar-refractivity contribution < 1.29 is 18.3 Å². The Morgan fingerprint density at radius 3 is 2.50 bits per heavy atom. The molecule has 3 aromatic rings. The van der Waals surface area contributed by atoms with E-state index in [4.69, 9.17) is 0 Å². The number of nitrogens with zero attached hydrogens (tertiary/aromatic N) is 2. The number of amides is 1. The maximum atomic E-state index is 12.8. The van der Waals surface area contributed by atoms with Crippen LogP contribution >= 0.6 is 0 Å². The standard InChI is InChI=1S/C21H19F2N3O2/c22-21(23)28-17-10-6-14(7-11-17)13-24-20(27)19-12-18(15-8-9-15)25-26(19)16-4-2-1-3-5-16/h1-7,10-12,15,21H,8-9,13H2,(H,24,27). The minimum absolute atomic E-state index is 0.0845. The van der Waals surface area contributed by atoms with Crippen molar-refractivity contribution in [2.75, 3.05) is 0 Å². The molecular formula is C21H19F2N3O2. The molecular weight excluding hydrogens is 364 g/mol. The Labute approximate surface area is 160 Å². The van der Waals surface area contributed by atoms with E-state index in [0.717, 1.165) is 29.8 Å². The highest BCUT2D eigenvalue weighted by molar-refractivity contribution is 5.93. The van der Waals surface area contributed by atoms with Crippen LogP contribution in [-0.4, -0.2) is 22.3 Å². The van der Waals surface area contributed by atoms with Crippen molar-refractivity contribution in [3.8, 4) is 11.4 Å². The fraction of sp³-hybridized carbons (Fsp3) is 0.238. The van der Waals surface area contributed by atoms with E-state index in [1.54, 1.807) is 16.8 Å². The van der Waals surface area contributed by atoms with Gasteiger partial charge in [0, 0.05) is 12.5 Å². The summed E-state index contributed by atoms with van der Waals surface area (Å²) in [6, 6.07) is 17.6. The number of hydrogen-bond acceptors (Lipinski definition) is 3. The van der Waals surface area contributed by atoms with Crippen LogP contribution in [0, 0.1) is 0 Å². The Morgan fingerprint density at radius 1 is 1.14 bits per heavy atom. The summed E-state index contributed by atoms with van der Waals surface area (Å²) in [4.78, 5) is 12.8. The molecule has 2 aromatic carbocycles. The highest BCUT2D eigenvalue weighted by atomic mass is 19.3. The van der Waals surface area contributed by atoms with Crippen LogP contribution in [0.3, 0.4) is 0 Å². The van der Waals surface area contributed by atoms with Gasteiger partial charge in [-0.15, -0.1) is 0 Å². The number of halogens is 2. The number of benzene rings is 2. The highest BCUT2D eigenvalue weighted by Gasteiger charge is 2.29. The van der Waals surface area contributed by atoms with E-state index in [1.165, 1.54) is 12.1 Å². The summed E-state index contributed by atoms with van der Waals surface area (Å²) < 4.78 is 30.4. The first kappa shape index (κ1) is 18.2. The summed E-state index contributed by atoms with van der Waals surface area (Å²) in [6.07, 6.45) is 2.19. The number of hydrogen-bond donors (Lipinski definition) is 1. The quantitative estimate of drug-likeness (QED) is 0.663. The van der Waals surface area contributed by atoms with Gasteiger partial charge in [-0.05, 0) is 48.7 Å². The molecule has 0 radical (unpaired) electrons. The Bertz CT molecular complexity index is 952. The molecule has 1 aliphatic carbocycles. The predicted octanol–water partition coefficient (Wildman–Crippen LogP) is 4.28. The third-order valence-corrected chi connectivity index (χ3v) is 4.56. The van der Waals surface area contributed by atoms with Gasteiger partial charge < -0.3 is 10.1 Å². The molecule has 144 valence electrons. The smallest absolute Gasteiger partial charge is 0.387 e. The molecule has 1 heterocycles. The van der Waals surface area contributed by atoms with Crippen LogP contribution in [0.2, 0.25) is 0 Å². The summed E-state index contributed by atoms with van der Waals surface area (Å²) in [5, 5.41) is 7.50. The van der Waals surface area contributed by atoms with Gasteiger partial charge in [-0.25, -0.2) is 4.68 Å². The molecule has 28 heavy (non-hydrogen) atoms. The average molecular weight is 383 g/mol. The molecule has 0 bridgehead atoms. The van der Waals surface area contributed by atoms with Crippen molar-refractivity contribution in [3.05, 3.63) is 77.6 Å². The van der Waals surface area contributed by atoms with Crippen LogP contribution in [0.1, 0.15) is 40.5 Å². The first-order valence-electron chi connectivity index (χ1n) is 9.07. The minimum Gasteiger partial charge on any atom is -0.435 e. The number of aromatic nitrogens is 2. The molecule has 0 unspecified atom stereocenters. The number of carbonyl (C=O) groups is 1. The van der Waals surface area contributed by atoms with Crippen molar-refractivity contribution in [3.63, 3.8) is 0 Å². The SMILES string of the molecule is O=C(NCc1ccc(OC(F)F)cc1)c1cc(C2CC2)nn1-c1ccccc1. The maximum absolute atomic E-state index is 12.8. The number of rotatable bonds is 7. The molecule has 1 N–H and O–H groups in total. The van der Waals surface area contributed by atoms with Crippen LogP contribution in [0.4, 0.5) is 8.78 Å². The molecule has 7 heteroatoms. The normalized spacial score (nSPS) is 13.5. The van der Waals surface area contributed by atoms with Gasteiger partial charge in [-0.1, -0.05) is 30.3 Å². The lowest BCUT2D eigenvalue weighted by Gasteiger charge is -2.09. The van der Waals surface area contributed by atoms with Gasteiger partial charge in [-0.2, -0.15) is 13.9 Å². The monoisotopic (exact) mass is 383 g/mol. The fourth-order valence-corrected chi connectivity index (χ4v) is 2.97. The number of para-hydroxylation sites is 1. The summed E-state index contributed by atoms with van der Waals surface area (Å²) in [7, 11) is 0. The zero-order valence-corrected chi connectivity index (χ0v) is 15.0. The van der Waals surface area contributed by atoms with Crippen molar-refractivity contribution >= 4 is 5.91 Å². The van der Waals surface area contributed by atoms with Crippen molar-refractivity contribution in [2.24, 2.45) is 0 Å². The van der Waals surface area contributed by atoms with Gasteiger partial charge >= 0.3 is 6.61 Å². The van der Waals surface area contributed by atoms with E-state index in [1.807, 2.05) is 36.4 Å². The first-order chi connectivity index (χ1) is 13.6. The molecule has 5 nitrogen and oxygen atoms in total. The number of ether oxygens (including phenoxy) is 1. The van der Waals surface area contributed by atoms with Crippen molar-refractivity contribution in [1.82, 2.24) is 15.1 Å². The van der Waals surface area contributed by atoms with E-state index >= 15 is 0 Å². The second-order valence-corrected chi connectivity index (χ2v) is 6.68. The van der Waals surface area contributed by atoms with Crippen LogP contribution in [-0.2, 0) is 6.54 Å². The van der Waals surface area contributed by atoms with E-state index in [2.05, 4.69) is 15.2 Å². The molecule has 1 fully saturated rings. The fourth-order valence-electron chi connectivity index (χ4n) is 2.97. The molecule has 0 atom stereocenters. The molecule has 0 aliphatic heterocycles. The molecule has 1 amide bonds. The Kier molecular flexibility index (Phi) is 5.06. The van der Waals surface area contributed by atoms with Gasteiger partial charge in [0.15, 0.2) is 0 Å². The van der Waals surface area contributed by atoms with Crippen molar-refractivity contribution in [1.29, 1.82) is 0 Å². The molecule has 1 saturated carbocycles. The lowest BCUT2D eigenvalue weighted by molar-refractivity contribution is -0.0498. The molecule has 4 rings (SSSR count). The Morgan fingerprint density at radius 2 is 1.86 bits per heavy atom. The van der Waals surface area contributed by atoms with Crippen LogP contribution < -0.4 is 10.1 Å². The van der Waals surface area contributed by atoms with Crippen molar-refractivity contribution in [2.45, 2.75) is 31.9 Å². The Hall–Kier alpha value is -3.22. The third kappa shape index (κ3) is 4.19. The zero-order valence-electron chi connectivity index (χ0n) is 15.0. The second kappa shape index (κ2) is 7.80. The predicted molar refractivity (Wildman–Crippen MR) is 99.8 cm³/mol. The van der Waals surface area contributed by atoms with Gasteiger partial charge in [-0.3, -0.25) is 4.79 Å². The van der Waals surface area contributed by atoms with Gasteiger partial charge in [0.05, 0.1) is 11.4 Å². The van der Waals surface area contributed by atoms with E-state index in [0.29, 0.717) is 11.6 Å². The zero-order chi connectivity index (χ0) is 19.5.